The van der Waals surface area contributed by atoms with Crippen LogP contribution >= 0.6 is 0 Å². The van der Waals surface area contributed by atoms with E-state index in [0.717, 1.165) is 11.5 Å². The van der Waals surface area contributed by atoms with Gasteiger partial charge < -0.3 is 5.32 Å². The van der Waals surface area contributed by atoms with Crippen LogP contribution in [0.5, 0.6) is 0 Å². The lowest BCUT2D eigenvalue weighted by atomic mass is 10.0. The maximum atomic E-state index is 4.52. The molecule has 0 saturated carbocycles. The molecule has 3 heteroatoms. The van der Waals surface area contributed by atoms with E-state index in [1.54, 1.807) is 0 Å². The van der Waals surface area contributed by atoms with Crippen LogP contribution in [0.25, 0.3) is 0 Å². The van der Waals surface area contributed by atoms with Gasteiger partial charge in [0.2, 0.25) is 0 Å². The number of rotatable bonds is 11. The molecule has 0 amide bonds. The number of hydrogen-bond donors (Lipinski definition) is 1. The summed E-state index contributed by atoms with van der Waals surface area (Å²) in [6, 6.07) is 2.40. The van der Waals surface area contributed by atoms with Crippen molar-refractivity contribution in [2.75, 3.05) is 7.05 Å². The van der Waals surface area contributed by atoms with Gasteiger partial charge in [-0.25, -0.2) is 9.97 Å². The Bertz CT molecular complexity index is 352. The smallest absolute Gasteiger partial charge is 0.125 e. The maximum absolute atomic E-state index is 4.52. The minimum absolute atomic E-state index is 0.372. The molecular weight excluding hydrogens is 246 g/mol. The van der Waals surface area contributed by atoms with Crippen molar-refractivity contribution in [1.29, 1.82) is 0 Å². The summed E-state index contributed by atoms with van der Waals surface area (Å²) < 4.78 is 0. The van der Waals surface area contributed by atoms with Crippen molar-refractivity contribution >= 4 is 0 Å². The molecule has 1 rings (SSSR count). The fourth-order valence-electron chi connectivity index (χ4n) is 2.59. The summed E-state index contributed by atoms with van der Waals surface area (Å²) in [7, 11) is 2.02. The average molecular weight is 277 g/mol. The van der Waals surface area contributed by atoms with E-state index in [4.69, 9.17) is 0 Å². The minimum Gasteiger partial charge on any atom is -0.312 e. The van der Waals surface area contributed by atoms with Crippen LogP contribution in [0, 0.1) is 6.92 Å². The number of hydrogen-bond acceptors (Lipinski definition) is 3. The Morgan fingerprint density at radius 2 is 1.70 bits per heavy atom. The quantitative estimate of drug-likeness (QED) is 0.602. The Kier molecular flexibility index (Phi) is 9.22. The normalized spacial score (nSPS) is 12.6. The van der Waals surface area contributed by atoms with Crippen LogP contribution in [0.2, 0.25) is 0 Å². The van der Waals surface area contributed by atoms with E-state index >= 15 is 0 Å². The predicted octanol–water partition coefficient (Wildman–Crippen LogP) is 4.58. The summed E-state index contributed by atoms with van der Waals surface area (Å²) in [5, 5.41) is 3.37. The van der Waals surface area contributed by atoms with Gasteiger partial charge in [-0.05, 0) is 26.5 Å². The predicted molar refractivity (Wildman–Crippen MR) is 85.8 cm³/mol. The third kappa shape index (κ3) is 6.99. The molecule has 0 bridgehead atoms. The van der Waals surface area contributed by atoms with Crippen molar-refractivity contribution in [3.8, 4) is 0 Å². The number of nitrogens with one attached hydrogen (secondary N) is 1. The number of aromatic nitrogens is 2. The lowest BCUT2D eigenvalue weighted by Crippen LogP contribution is -2.18. The molecule has 1 heterocycles. The van der Waals surface area contributed by atoms with Gasteiger partial charge in [0, 0.05) is 12.2 Å². The van der Waals surface area contributed by atoms with E-state index in [1.165, 1.54) is 57.8 Å². The number of nitrogens with zero attached hydrogens (tertiary/aromatic N) is 2. The van der Waals surface area contributed by atoms with Crippen LogP contribution in [0.1, 0.15) is 82.3 Å². The summed E-state index contributed by atoms with van der Waals surface area (Å²) in [5.74, 6) is 0.860. The molecule has 1 N–H and O–H groups in total. The molecule has 0 saturated heterocycles. The molecule has 0 aliphatic heterocycles. The van der Waals surface area contributed by atoms with Crippen molar-refractivity contribution < 1.29 is 0 Å². The molecule has 0 aliphatic carbocycles. The molecule has 1 unspecified atom stereocenters. The van der Waals surface area contributed by atoms with E-state index in [2.05, 4.69) is 22.2 Å². The van der Waals surface area contributed by atoms with Crippen molar-refractivity contribution in [3.63, 3.8) is 0 Å². The highest BCUT2D eigenvalue weighted by Gasteiger charge is 2.10. The highest BCUT2D eigenvalue weighted by atomic mass is 14.9. The topological polar surface area (TPSA) is 37.8 Å². The number of unbranched alkanes of at least 4 members (excludes halogenated alkanes) is 7. The molecule has 1 atom stereocenters. The SMILES string of the molecule is CCCCCCCCCCC(NC)c1ccnc(C)n1. The van der Waals surface area contributed by atoms with E-state index < -0.39 is 0 Å². The van der Waals surface area contributed by atoms with Crippen LogP contribution in [0.4, 0.5) is 0 Å². The van der Waals surface area contributed by atoms with Crippen molar-refractivity contribution in [3.05, 3.63) is 23.8 Å². The van der Waals surface area contributed by atoms with Crippen LogP contribution in [-0.2, 0) is 0 Å². The Hall–Kier alpha value is -0.960. The zero-order valence-electron chi connectivity index (χ0n) is 13.5. The fourth-order valence-corrected chi connectivity index (χ4v) is 2.59. The molecular formula is C17H31N3. The number of aryl methyl sites for hydroxylation is 1. The zero-order chi connectivity index (χ0) is 14.6. The second-order valence-corrected chi connectivity index (χ2v) is 5.63. The van der Waals surface area contributed by atoms with E-state index in [1.807, 2.05) is 26.2 Å². The van der Waals surface area contributed by atoms with Crippen LogP contribution in [0.15, 0.2) is 12.3 Å². The molecule has 20 heavy (non-hydrogen) atoms. The van der Waals surface area contributed by atoms with E-state index in [9.17, 15) is 0 Å². The maximum Gasteiger partial charge on any atom is 0.125 e. The van der Waals surface area contributed by atoms with Gasteiger partial charge in [-0.2, -0.15) is 0 Å². The van der Waals surface area contributed by atoms with Gasteiger partial charge in [0.15, 0.2) is 0 Å². The molecule has 1 aromatic rings. The van der Waals surface area contributed by atoms with Gasteiger partial charge in [-0.15, -0.1) is 0 Å². The minimum atomic E-state index is 0.372. The van der Waals surface area contributed by atoms with Gasteiger partial charge in [0.25, 0.3) is 0 Å². The first-order valence-corrected chi connectivity index (χ1v) is 8.24. The third-order valence-corrected chi connectivity index (χ3v) is 3.85. The van der Waals surface area contributed by atoms with Crippen molar-refractivity contribution in [1.82, 2.24) is 15.3 Å². The Balaban J connectivity index is 2.16. The van der Waals surface area contributed by atoms with Gasteiger partial charge in [0.1, 0.15) is 5.82 Å². The second-order valence-electron chi connectivity index (χ2n) is 5.63. The third-order valence-electron chi connectivity index (χ3n) is 3.85. The molecule has 0 radical (unpaired) electrons. The second kappa shape index (κ2) is 10.8. The summed E-state index contributed by atoms with van der Waals surface area (Å²) in [4.78, 5) is 8.68. The fraction of sp³-hybridized carbons (Fsp3) is 0.765. The summed E-state index contributed by atoms with van der Waals surface area (Å²) >= 11 is 0. The highest BCUT2D eigenvalue weighted by Crippen LogP contribution is 2.18. The highest BCUT2D eigenvalue weighted by molar-refractivity contribution is 5.06. The first kappa shape index (κ1) is 17.1. The Morgan fingerprint density at radius 3 is 2.30 bits per heavy atom. The van der Waals surface area contributed by atoms with Gasteiger partial charge in [-0.3, -0.25) is 0 Å². The largest absolute Gasteiger partial charge is 0.312 e. The first-order chi connectivity index (χ1) is 9.77. The van der Waals surface area contributed by atoms with Gasteiger partial charge in [0.05, 0.1) is 5.69 Å². The van der Waals surface area contributed by atoms with Gasteiger partial charge >= 0.3 is 0 Å². The lowest BCUT2D eigenvalue weighted by Gasteiger charge is -2.15. The van der Waals surface area contributed by atoms with Gasteiger partial charge in [-0.1, -0.05) is 58.3 Å². The van der Waals surface area contributed by atoms with E-state index in [0.29, 0.717) is 6.04 Å². The Labute approximate surface area is 124 Å². The lowest BCUT2D eigenvalue weighted by molar-refractivity contribution is 0.485. The van der Waals surface area contributed by atoms with Crippen LogP contribution in [0.3, 0.4) is 0 Å². The van der Waals surface area contributed by atoms with Crippen LogP contribution in [-0.4, -0.2) is 17.0 Å². The summed E-state index contributed by atoms with van der Waals surface area (Å²) in [5.41, 5.74) is 1.13. The monoisotopic (exact) mass is 277 g/mol. The molecule has 0 spiro atoms. The molecule has 1 aromatic heterocycles. The van der Waals surface area contributed by atoms with Crippen molar-refractivity contribution in [2.45, 2.75) is 77.7 Å². The summed E-state index contributed by atoms with van der Waals surface area (Å²) in [6.45, 7) is 4.22. The van der Waals surface area contributed by atoms with Crippen LogP contribution < -0.4 is 5.32 Å². The first-order valence-electron chi connectivity index (χ1n) is 8.24. The average Bonchev–Trinajstić information content (AvgIpc) is 2.46. The molecule has 0 fully saturated rings. The molecule has 0 aromatic carbocycles. The summed E-state index contributed by atoms with van der Waals surface area (Å²) in [6.07, 6.45) is 14.0. The molecule has 0 aliphatic rings. The van der Waals surface area contributed by atoms with E-state index in [-0.39, 0.29) is 0 Å². The zero-order valence-corrected chi connectivity index (χ0v) is 13.5. The molecule has 114 valence electrons. The van der Waals surface area contributed by atoms with Crippen molar-refractivity contribution in [2.24, 2.45) is 0 Å². The molecule has 3 nitrogen and oxygen atoms in total. The Morgan fingerprint density at radius 1 is 1.05 bits per heavy atom. The standard InChI is InChI=1S/C17H31N3/c1-4-5-6-7-8-9-10-11-12-16(18-3)17-13-14-19-15(2)20-17/h13-14,16,18H,4-12H2,1-3H3.